The molecular formula is C18H16ClN5O3S. The number of amides is 1. The van der Waals surface area contributed by atoms with Crippen LogP contribution >= 0.6 is 23.4 Å². The van der Waals surface area contributed by atoms with Gasteiger partial charge in [0, 0.05) is 35.0 Å². The number of aromatic nitrogens is 3. The second kappa shape index (κ2) is 8.85. The maximum Gasteiger partial charge on any atom is 0.271 e. The average Bonchev–Trinajstić information content (AvgIpc) is 3.09. The standard InChI is InChI=1S/C18H16ClN5O3S/c1-2-23-17(12-5-3-6-13(19)9-12)21-22-18(23)28-11-16(25)20-14-7-4-8-15(10-14)24(26)27/h3-10H,2,11H2,1H3,(H,20,25). The summed E-state index contributed by atoms with van der Waals surface area (Å²) in [5.74, 6) is 0.475. The summed E-state index contributed by atoms with van der Waals surface area (Å²) in [6, 6.07) is 13.1. The Morgan fingerprint density at radius 2 is 2.04 bits per heavy atom. The number of nitrogens with one attached hydrogen (secondary N) is 1. The van der Waals surface area contributed by atoms with Gasteiger partial charge in [-0.05, 0) is 25.1 Å². The van der Waals surface area contributed by atoms with E-state index in [1.54, 1.807) is 18.2 Å². The van der Waals surface area contributed by atoms with Gasteiger partial charge in [-0.2, -0.15) is 0 Å². The molecule has 0 saturated heterocycles. The Bertz CT molecular complexity index is 1020. The molecule has 10 heteroatoms. The summed E-state index contributed by atoms with van der Waals surface area (Å²) in [5.41, 5.74) is 1.13. The van der Waals surface area contributed by atoms with Crippen LogP contribution in [0.1, 0.15) is 6.92 Å². The van der Waals surface area contributed by atoms with E-state index in [4.69, 9.17) is 11.6 Å². The van der Waals surface area contributed by atoms with Crippen LogP contribution in [0.5, 0.6) is 0 Å². The molecule has 8 nitrogen and oxygen atoms in total. The minimum absolute atomic E-state index is 0.0812. The summed E-state index contributed by atoms with van der Waals surface area (Å²) >= 11 is 7.29. The first kappa shape index (κ1) is 19.8. The number of nitrogens with zero attached hydrogens (tertiary/aromatic N) is 4. The number of carbonyl (C=O) groups excluding carboxylic acids is 1. The molecule has 3 rings (SSSR count). The molecule has 0 bridgehead atoms. The van der Waals surface area contributed by atoms with E-state index in [1.165, 1.54) is 30.0 Å². The lowest BCUT2D eigenvalue weighted by Crippen LogP contribution is -2.14. The Balaban J connectivity index is 1.68. The first-order valence-corrected chi connectivity index (χ1v) is 9.70. The highest BCUT2D eigenvalue weighted by atomic mass is 35.5. The fourth-order valence-electron chi connectivity index (χ4n) is 2.55. The van der Waals surface area contributed by atoms with Crippen molar-refractivity contribution < 1.29 is 9.72 Å². The van der Waals surface area contributed by atoms with Gasteiger partial charge in [-0.1, -0.05) is 41.6 Å². The van der Waals surface area contributed by atoms with Crippen LogP contribution in [-0.4, -0.2) is 31.3 Å². The van der Waals surface area contributed by atoms with Crippen LogP contribution in [0.4, 0.5) is 11.4 Å². The first-order chi connectivity index (χ1) is 13.5. The highest BCUT2D eigenvalue weighted by Gasteiger charge is 2.15. The molecule has 0 fully saturated rings. The molecule has 0 spiro atoms. The van der Waals surface area contributed by atoms with E-state index in [9.17, 15) is 14.9 Å². The second-order valence-corrected chi connectivity index (χ2v) is 7.08. The lowest BCUT2D eigenvalue weighted by Gasteiger charge is -2.08. The van der Waals surface area contributed by atoms with Gasteiger partial charge in [0.2, 0.25) is 5.91 Å². The van der Waals surface area contributed by atoms with Gasteiger partial charge >= 0.3 is 0 Å². The van der Waals surface area contributed by atoms with Crippen molar-refractivity contribution in [2.45, 2.75) is 18.6 Å². The molecule has 1 heterocycles. The summed E-state index contributed by atoms with van der Waals surface area (Å²) in [6.45, 7) is 2.59. The first-order valence-electron chi connectivity index (χ1n) is 8.34. The van der Waals surface area contributed by atoms with Gasteiger partial charge in [0.05, 0.1) is 10.7 Å². The number of carbonyl (C=O) groups is 1. The van der Waals surface area contributed by atoms with Crippen molar-refractivity contribution in [3.8, 4) is 11.4 Å². The topological polar surface area (TPSA) is 103 Å². The largest absolute Gasteiger partial charge is 0.325 e. The molecule has 0 aliphatic carbocycles. The van der Waals surface area contributed by atoms with Crippen molar-refractivity contribution in [3.05, 3.63) is 63.7 Å². The number of nitro benzene ring substituents is 1. The van der Waals surface area contributed by atoms with Gasteiger partial charge < -0.3 is 9.88 Å². The van der Waals surface area contributed by atoms with Crippen LogP contribution in [-0.2, 0) is 11.3 Å². The third kappa shape index (κ3) is 4.68. The third-order valence-corrected chi connectivity index (χ3v) is 4.99. The SMILES string of the molecule is CCn1c(SCC(=O)Nc2cccc([N+](=O)[O-])c2)nnc1-c1cccc(Cl)c1. The van der Waals surface area contributed by atoms with Gasteiger partial charge in [-0.15, -0.1) is 10.2 Å². The molecule has 0 atom stereocenters. The molecule has 0 aliphatic rings. The number of hydrogen-bond acceptors (Lipinski definition) is 6. The summed E-state index contributed by atoms with van der Waals surface area (Å²) in [5, 5.41) is 23.1. The van der Waals surface area contributed by atoms with E-state index in [0.29, 0.717) is 28.2 Å². The zero-order valence-electron chi connectivity index (χ0n) is 14.8. The van der Waals surface area contributed by atoms with Crippen molar-refractivity contribution in [2.24, 2.45) is 0 Å². The van der Waals surface area contributed by atoms with Crippen molar-refractivity contribution in [1.82, 2.24) is 14.8 Å². The Kier molecular flexibility index (Phi) is 6.27. The Hall–Kier alpha value is -2.91. The van der Waals surface area contributed by atoms with Crippen LogP contribution in [0, 0.1) is 10.1 Å². The molecule has 1 aromatic heterocycles. The normalized spacial score (nSPS) is 10.6. The molecule has 28 heavy (non-hydrogen) atoms. The van der Waals surface area contributed by atoms with Gasteiger partial charge in [-0.3, -0.25) is 14.9 Å². The summed E-state index contributed by atoms with van der Waals surface area (Å²) in [7, 11) is 0. The smallest absolute Gasteiger partial charge is 0.271 e. The van der Waals surface area contributed by atoms with Crippen LogP contribution in [0.25, 0.3) is 11.4 Å². The lowest BCUT2D eigenvalue weighted by molar-refractivity contribution is -0.384. The predicted molar refractivity (Wildman–Crippen MR) is 109 cm³/mol. The van der Waals surface area contributed by atoms with E-state index in [1.807, 2.05) is 23.6 Å². The van der Waals surface area contributed by atoms with E-state index in [-0.39, 0.29) is 17.3 Å². The highest BCUT2D eigenvalue weighted by Crippen LogP contribution is 2.26. The number of non-ortho nitro benzene ring substituents is 1. The van der Waals surface area contributed by atoms with Crippen molar-refractivity contribution in [3.63, 3.8) is 0 Å². The number of nitro groups is 1. The molecule has 1 amide bonds. The molecule has 0 radical (unpaired) electrons. The molecule has 0 aliphatic heterocycles. The molecule has 0 saturated carbocycles. The van der Waals surface area contributed by atoms with Crippen molar-refractivity contribution in [2.75, 3.05) is 11.1 Å². The molecule has 3 aromatic rings. The molecular weight excluding hydrogens is 402 g/mol. The Morgan fingerprint density at radius 1 is 1.25 bits per heavy atom. The van der Waals surface area contributed by atoms with Crippen LogP contribution in [0.3, 0.4) is 0 Å². The maximum atomic E-state index is 12.2. The molecule has 2 aromatic carbocycles. The Labute approximate surface area is 170 Å². The van der Waals surface area contributed by atoms with Crippen LogP contribution < -0.4 is 5.32 Å². The minimum Gasteiger partial charge on any atom is -0.325 e. The van der Waals surface area contributed by atoms with Gasteiger partial charge in [-0.25, -0.2) is 0 Å². The third-order valence-electron chi connectivity index (χ3n) is 3.79. The predicted octanol–water partition coefficient (Wildman–Crippen LogP) is 4.26. The number of anilines is 1. The lowest BCUT2D eigenvalue weighted by atomic mass is 10.2. The van der Waals surface area contributed by atoms with Gasteiger partial charge in [0.15, 0.2) is 11.0 Å². The Morgan fingerprint density at radius 3 is 2.75 bits per heavy atom. The van der Waals surface area contributed by atoms with Crippen molar-refractivity contribution >= 4 is 40.6 Å². The fourth-order valence-corrected chi connectivity index (χ4v) is 3.54. The minimum atomic E-state index is -0.508. The number of thioether (sulfide) groups is 1. The molecule has 0 unspecified atom stereocenters. The molecule has 144 valence electrons. The highest BCUT2D eigenvalue weighted by molar-refractivity contribution is 7.99. The number of halogens is 1. The zero-order valence-corrected chi connectivity index (χ0v) is 16.4. The number of rotatable bonds is 7. The van der Waals surface area contributed by atoms with E-state index in [0.717, 1.165) is 5.56 Å². The average molecular weight is 418 g/mol. The summed E-state index contributed by atoms with van der Waals surface area (Å²) < 4.78 is 1.90. The second-order valence-electron chi connectivity index (χ2n) is 5.71. The van der Waals surface area contributed by atoms with Crippen molar-refractivity contribution in [1.29, 1.82) is 0 Å². The van der Waals surface area contributed by atoms with E-state index >= 15 is 0 Å². The quantitative estimate of drug-likeness (QED) is 0.350. The number of hydrogen-bond donors (Lipinski definition) is 1. The van der Waals surface area contributed by atoms with Gasteiger partial charge in [0.25, 0.3) is 5.69 Å². The van der Waals surface area contributed by atoms with Gasteiger partial charge in [0.1, 0.15) is 0 Å². The molecule has 1 N–H and O–H groups in total. The zero-order chi connectivity index (χ0) is 20.1. The monoisotopic (exact) mass is 417 g/mol. The van der Waals surface area contributed by atoms with Crippen LogP contribution in [0.15, 0.2) is 53.7 Å². The fraction of sp³-hybridized carbons (Fsp3) is 0.167. The number of benzene rings is 2. The summed E-state index contributed by atoms with van der Waals surface area (Å²) in [4.78, 5) is 22.5. The van der Waals surface area contributed by atoms with E-state index < -0.39 is 4.92 Å². The summed E-state index contributed by atoms with van der Waals surface area (Å²) in [6.07, 6.45) is 0. The van der Waals surface area contributed by atoms with E-state index in [2.05, 4.69) is 15.5 Å². The van der Waals surface area contributed by atoms with Crippen LogP contribution in [0.2, 0.25) is 5.02 Å². The maximum absolute atomic E-state index is 12.2.